The van der Waals surface area contributed by atoms with E-state index >= 15 is 0 Å². The smallest absolute Gasteiger partial charge is 0.286 e. The summed E-state index contributed by atoms with van der Waals surface area (Å²) in [6.45, 7) is 1.09. The van der Waals surface area contributed by atoms with E-state index < -0.39 is 0 Å². The molecular weight excluding hydrogens is 340 g/mol. The maximum Gasteiger partial charge on any atom is 0.286 e. The normalized spacial score (nSPS) is 23.0. The van der Waals surface area contributed by atoms with Gasteiger partial charge in [-0.25, -0.2) is 0 Å². The van der Waals surface area contributed by atoms with E-state index in [0.29, 0.717) is 10.9 Å². The Kier molecular flexibility index (Phi) is 6.03. The van der Waals surface area contributed by atoms with Gasteiger partial charge in [-0.1, -0.05) is 12.1 Å². The number of nitrogens with zero attached hydrogens (tertiary/aromatic N) is 2. The summed E-state index contributed by atoms with van der Waals surface area (Å²) in [7, 11) is 0. The van der Waals surface area contributed by atoms with Crippen LogP contribution in [0.3, 0.4) is 0 Å². The first-order valence-electron chi connectivity index (χ1n) is 8.25. The van der Waals surface area contributed by atoms with Gasteiger partial charge in [-0.15, -0.1) is 11.8 Å². The number of carbonyl (C=O) groups is 1. The molecule has 2 heterocycles. The fraction of sp³-hybridized carbons (Fsp3) is 0.444. The molecule has 0 radical (unpaired) electrons. The third kappa shape index (κ3) is 4.05. The average Bonchev–Trinajstić information content (AvgIpc) is 2.97. The molecule has 1 unspecified atom stereocenters. The Labute approximate surface area is 151 Å². The van der Waals surface area contributed by atoms with Gasteiger partial charge in [-0.05, 0) is 67.5 Å². The van der Waals surface area contributed by atoms with Crippen molar-refractivity contribution in [3.63, 3.8) is 0 Å². The lowest BCUT2D eigenvalue weighted by molar-refractivity contribution is -0.113. The highest BCUT2D eigenvalue weighted by Crippen LogP contribution is 2.33. The summed E-state index contributed by atoms with van der Waals surface area (Å²) < 4.78 is 0. The molecule has 4 nitrogen and oxygen atoms in total. The number of aliphatic hydroxyl groups is 1. The van der Waals surface area contributed by atoms with Crippen LogP contribution in [0.4, 0.5) is 0 Å². The third-order valence-corrected chi connectivity index (χ3v) is 6.12. The van der Waals surface area contributed by atoms with Crippen LogP contribution in [0.25, 0.3) is 6.08 Å². The molecule has 1 N–H and O–H groups in total. The number of amidine groups is 1. The number of aliphatic hydroxyl groups excluding tert-OH is 1. The number of benzene rings is 1. The first-order valence-corrected chi connectivity index (χ1v) is 10.3. The Morgan fingerprint density at radius 1 is 1.38 bits per heavy atom. The molecule has 0 aromatic heterocycles. The van der Waals surface area contributed by atoms with E-state index in [0.717, 1.165) is 36.5 Å². The Morgan fingerprint density at radius 3 is 2.88 bits per heavy atom. The second-order valence-corrected chi connectivity index (χ2v) is 7.83. The maximum absolute atomic E-state index is 12.3. The summed E-state index contributed by atoms with van der Waals surface area (Å²) in [5.74, 6) is -0.155. The van der Waals surface area contributed by atoms with Crippen LogP contribution in [0.5, 0.6) is 0 Å². The van der Waals surface area contributed by atoms with E-state index in [2.05, 4.69) is 22.0 Å². The lowest BCUT2D eigenvalue weighted by Crippen LogP contribution is -2.42. The highest BCUT2D eigenvalue weighted by atomic mass is 32.2. The Balaban J connectivity index is 1.73. The zero-order valence-corrected chi connectivity index (χ0v) is 15.4. The maximum atomic E-state index is 12.3. The molecule has 0 spiro atoms. The monoisotopic (exact) mass is 362 g/mol. The standard InChI is InChI=1S/C18H22N2O2S2/c1-23-15-7-5-13(6-8-15)12-16-17(22)19-18(24-16)20-10-3-2-4-14(20)9-11-21/h5-8,12,14,21H,2-4,9-11H2,1H3/b16-12+. The number of thioether (sulfide) groups is 2. The van der Waals surface area contributed by atoms with Crippen molar-refractivity contribution in [1.82, 2.24) is 4.90 Å². The zero-order chi connectivity index (χ0) is 16.9. The van der Waals surface area contributed by atoms with Gasteiger partial charge in [-0.3, -0.25) is 4.79 Å². The van der Waals surface area contributed by atoms with Crippen LogP contribution in [0.2, 0.25) is 0 Å². The SMILES string of the molecule is CSc1ccc(/C=C2/SC(N3CCCCC3CCO)=NC2=O)cc1. The van der Waals surface area contributed by atoms with Crippen LogP contribution < -0.4 is 0 Å². The highest BCUT2D eigenvalue weighted by Gasteiger charge is 2.31. The summed E-state index contributed by atoms with van der Waals surface area (Å²) in [5, 5.41) is 10.1. The second kappa shape index (κ2) is 8.23. The van der Waals surface area contributed by atoms with Crippen LogP contribution in [0.15, 0.2) is 39.1 Å². The van der Waals surface area contributed by atoms with Crippen molar-refractivity contribution in [2.24, 2.45) is 4.99 Å². The molecule has 1 saturated heterocycles. The molecule has 128 valence electrons. The van der Waals surface area contributed by atoms with Crippen molar-refractivity contribution in [3.05, 3.63) is 34.7 Å². The summed E-state index contributed by atoms with van der Waals surface area (Å²) in [6.07, 6.45) is 8.05. The van der Waals surface area contributed by atoms with Gasteiger partial charge in [0.2, 0.25) is 0 Å². The number of likely N-dealkylation sites (tertiary alicyclic amines) is 1. The minimum absolute atomic E-state index is 0.155. The number of hydrogen-bond acceptors (Lipinski definition) is 5. The van der Waals surface area contributed by atoms with Crippen molar-refractivity contribution >= 4 is 40.7 Å². The van der Waals surface area contributed by atoms with Gasteiger partial charge in [0.1, 0.15) is 0 Å². The van der Waals surface area contributed by atoms with E-state index in [1.54, 1.807) is 11.8 Å². The van der Waals surface area contributed by atoms with Gasteiger partial charge >= 0.3 is 0 Å². The molecule has 1 amide bonds. The summed E-state index contributed by atoms with van der Waals surface area (Å²) in [4.78, 5) is 20.6. The molecule has 6 heteroatoms. The van der Waals surface area contributed by atoms with Crippen LogP contribution in [-0.2, 0) is 4.79 Å². The lowest BCUT2D eigenvalue weighted by Gasteiger charge is -2.36. The lowest BCUT2D eigenvalue weighted by atomic mass is 10.0. The van der Waals surface area contributed by atoms with Gasteiger partial charge in [-0.2, -0.15) is 4.99 Å². The fourth-order valence-corrected chi connectivity index (χ4v) is 4.49. The largest absolute Gasteiger partial charge is 0.396 e. The molecule has 2 aliphatic rings. The van der Waals surface area contributed by atoms with Crippen molar-refractivity contribution in [3.8, 4) is 0 Å². The molecule has 1 aromatic carbocycles. The Morgan fingerprint density at radius 2 is 2.17 bits per heavy atom. The molecule has 2 aliphatic heterocycles. The van der Waals surface area contributed by atoms with E-state index in [4.69, 9.17) is 0 Å². The number of aliphatic imine (C=N–C) groups is 1. The van der Waals surface area contributed by atoms with Gasteiger partial charge in [0.15, 0.2) is 5.17 Å². The highest BCUT2D eigenvalue weighted by molar-refractivity contribution is 8.18. The zero-order valence-electron chi connectivity index (χ0n) is 13.8. The van der Waals surface area contributed by atoms with E-state index in [1.807, 2.05) is 24.5 Å². The molecule has 0 saturated carbocycles. The fourth-order valence-electron chi connectivity index (χ4n) is 3.07. The molecule has 24 heavy (non-hydrogen) atoms. The minimum atomic E-state index is -0.155. The van der Waals surface area contributed by atoms with Crippen LogP contribution >= 0.6 is 23.5 Å². The van der Waals surface area contributed by atoms with Crippen LogP contribution in [-0.4, -0.2) is 46.5 Å². The molecule has 0 aliphatic carbocycles. The van der Waals surface area contributed by atoms with E-state index in [1.165, 1.54) is 23.1 Å². The van der Waals surface area contributed by atoms with Crippen molar-refractivity contribution in [2.75, 3.05) is 19.4 Å². The van der Waals surface area contributed by atoms with Gasteiger partial charge in [0.25, 0.3) is 5.91 Å². The number of amides is 1. The predicted molar refractivity (Wildman–Crippen MR) is 102 cm³/mol. The second-order valence-electron chi connectivity index (χ2n) is 5.94. The third-order valence-electron chi connectivity index (χ3n) is 4.36. The van der Waals surface area contributed by atoms with Crippen molar-refractivity contribution in [2.45, 2.75) is 36.6 Å². The number of piperidine rings is 1. The van der Waals surface area contributed by atoms with Crippen molar-refractivity contribution < 1.29 is 9.90 Å². The van der Waals surface area contributed by atoms with E-state index in [-0.39, 0.29) is 12.5 Å². The first kappa shape index (κ1) is 17.6. The van der Waals surface area contributed by atoms with Gasteiger partial charge in [0.05, 0.1) is 4.91 Å². The van der Waals surface area contributed by atoms with Crippen LogP contribution in [0, 0.1) is 0 Å². The Hall–Kier alpha value is -1.24. The summed E-state index contributed by atoms with van der Waals surface area (Å²) in [6, 6.07) is 8.47. The predicted octanol–water partition coefficient (Wildman–Crippen LogP) is 3.62. The summed E-state index contributed by atoms with van der Waals surface area (Å²) in [5.41, 5.74) is 1.02. The number of rotatable bonds is 4. The Bertz CT molecular complexity index is 653. The number of hydrogen-bond donors (Lipinski definition) is 1. The first-order chi connectivity index (χ1) is 11.7. The minimum Gasteiger partial charge on any atom is -0.396 e. The van der Waals surface area contributed by atoms with Gasteiger partial charge in [0, 0.05) is 24.1 Å². The molecule has 3 rings (SSSR count). The molecule has 1 aromatic rings. The van der Waals surface area contributed by atoms with E-state index in [9.17, 15) is 9.90 Å². The molecule has 1 fully saturated rings. The molecular formula is C18H22N2O2S2. The topological polar surface area (TPSA) is 52.9 Å². The quantitative estimate of drug-likeness (QED) is 0.655. The number of carbonyl (C=O) groups excluding carboxylic acids is 1. The average molecular weight is 363 g/mol. The summed E-state index contributed by atoms with van der Waals surface area (Å²) >= 11 is 3.16. The molecule has 1 atom stereocenters. The van der Waals surface area contributed by atoms with Gasteiger partial charge < -0.3 is 10.0 Å². The van der Waals surface area contributed by atoms with Crippen molar-refractivity contribution in [1.29, 1.82) is 0 Å². The molecule has 0 bridgehead atoms. The van der Waals surface area contributed by atoms with Crippen LogP contribution in [0.1, 0.15) is 31.2 Å².